The molecule has 0 aliphatic heterocycles. The second kappa shape index (κ2) is 15.0. The Hall–Kier alpha value is -0.120. The maximum atomic E-state index is 6.42. The maximum Gasteiger partial charge on any atom is 0.157 e. The highest BCUT2D eigenvalue weighted by Gasteiger charge is 2.32. The van der Waals surface area contributed by atoms with Crippen molar-refractivity contribution in [1.82, 2.24) is 0 Å². The van der Waals surface area contributed by atoms with E-state index in [1.807, 2.05) is 13.8 Å². The number of hydrogen-bond donors (Lipinski definition) is 1. The summed E-state index contributed by atoms with van der Waals surface area (Å²) in [6.45, 7) is 7.84. The second-order valence-electron chi connectivity index (χ2n) is 7.85. The van der Waals surface area contributed by atoms with Gasteiger partial charge in [0.25, 0.3) is 0 Å². The van der Waals surface area contributed by atoms with Gasteiger partial charge in [0, 0.05) is 19.3 Å². The first-order chi connectivity index (χ1) is 12.2. The van der Waals surface area contributed by atoms with Gasteiger partial charge in [-0.15, -0.1) is 0 Å². The van der Waals surface area contributed by atoms with Crippen molar-refractivity contribution < 1.29 is 9.47 Å². The zero-order valence-electron chi connectivity index (χ0n) is 17.3. The molecular formula is C22H45NO2. The standard InChI is InChI=1S/C22H45NO2/c1-4-7-8-9-11-14-19-17-18-21(23)20(19)15-12-10-13-16-22(24-5-2)25-6-3/h19-22H,4-18,23H2,1-3H3. The molecule has 0 aromatic heterocycles. The first-order valence-corrected chi connectivity index (χ1v) is 11.2. The SMILES string of the molecule is CCCCCCCC1CCC(N)C1CCCCCC(OCC)OCC. The van der Waals surface area contributed by atoms with E-state index in [1.54, 1.807) is 0 Å². The van der Waals surface area contributed by atoms with E-state index in [0.29, 0.717) is 6.04 Å². The fourth-order valence-electron chi connectivity index (χ4n) is 4.46. The zero-order chi connectivity index (χ0) is 18.3. The fourth-order valence-corrected chi connectivity index (χ4v) is 4.46. The Labute approximate surface area is 157 Å². The van der Waals surface area contributed by atoms with E-state index in [2.05, 4.69) is 6.92 Å². The summed E-state index contributed by atoms with van der Waals surface area (Å²) >= 11 is 0. The van der Waals surface area contributed by atoms with Gasteiger partial charge in [0.05, 0.1) is 0 Å². The van der Waals surface area contributed by atoms with Crippen molar-refractivity contribution in [1.29, 1.82) is 0 Å². The van der Waals surface area contributed by atoms with Crippen molar-refractivity contribution in [2.75, 3.05) is 13.2 Å². The second-order valence-corrected chi connectivity index (χ2v) is 7.85. The largest absolute Gasteiger partial charge is 0.353 e. The summed E-state index contributed by atoms with van der Waals surface area (Å²) < 4.78 is 11.3. The third-order valence-corrected chi connectivity index (χ3v) is 5.89. The molecule has 25 heavy (non-hydrogen) atoms. The lowest BCUT2D eigenvalue weighted by atomic mass is 9.85. The molecule has 2 N–H and O–H groups in total. The van der Waals surface area contributed by atoms with Crippen LogP contribution in [0.5, 0.6) is 0 Å². The van der Waals surface area contributed by atoms with Crippen molar-refractivity contribution in [3.05, 3.63) is 0 Å². The van der Waals surface area contributed by atoms with E-state index < -0.39 is 0 Å². The lowest BCUT2D eigenvalue weighted by molar-refractivity contribution is -0.140. The number of unbranched alkanes of at least 4 members (excludes halogenated alkanes) is 6. The molecule has 3 unspecified atom stereocenters. The summed E-state index contributed by atoms with van der Waals surface area (Å²) in [6, 6.07) is 0.459. The predicted octanol–water partition coefficient (Wildman–Crippen LogP) is 6.05. The van der Waals surface area contributed by atoms with Gasteiger partial charge in [-0.1, -0.05) is 58.3 Å². The molecule has 0 radical (unpaired) electrons. The summed E-state index contributed by atoms with van der Waals surface area (Å²) in [6.07, 6.45) is 17.2. The van der Waals surface area contributed by atoms with Gasteiger partial charge >= 0.3 is 0 Å². The van der Waals surface area contributed by atoms with Crippen LogP contribution in [-0.2, 0) is 9.47 Å². The Bertz CT molecular complexity index is 292. The van der Waals surface area contributed by atoms with E-state index in [9.17, 15) is 0 Å². The van der Waals surface area contributed by atoms with Gasteiger partial charge < -0.3 is 15.2 Å². The average molecular weight is 356 g/mol. The van der Waals surface area contributed by atoms with E-state index in [4.69, 9.17) is 15.2 Å². The van der Waals surface area contributed by atoms with Crippen LogP contribution < -0.4 is 5.73 Å². The van der Waals surface area contributed by atoms with Crippen LogP contribution in [0.4, 0.5) is 0 Å². The average Bonchev–Trinajstić information content (AvgIpc) is 2.95. The van der Waals surface area contributed by atoms with Crippen LogP contribution in [0, 0.1) is 11.8 Å². The number of nitrogens with two attached hydrogens (primary N) is 1. The molecule has 0 saturated heterocycles. The van der Waals surface area contributed by atoms with Crippen molar-refractivity contribution in [3.63, 3.8) is 0 Å². The minimum atomic E-state index is -0.000364. The molecule has 3 nitrogen and oxygen atoms in total. The highest BCUT2D eigenvalue weighted by Crippen LogP contribution is 2.38. The Morgan fingerprint density at radius 2 is 1.44 bits per heavy atom. The molecule has 0 heterocycles. The van der Waals surface area contributed by atoms with Crippen LogP contribution in [0.1, 0.15) is 104 Å². The monoisotopic (exact) mass is 355 g/mol. The molecule has 150 valence electrons. The highest BCUT2D eigenvalue weighted by molar-refractivity contribution is 4.87. The Kier molecular flexibility index (Phi) is 13.7. The quantitative estimate of drug-likeness (QED) is 0.271. The number of hydrogen-bond acceptors (Lipinski definition) is 3. The van der Waals surface area contributed by atoms with Gasteiger partial charge in [0.1, 0.15) is 0 Å². The molecule has 1 fully saturated rings. The molecular weight excluding hydrogens is 310 g/mol. The summed E-state index contributed by atoms with van der Waals surface area (Å²) in [5, 5.41) is 0. The third kappa shape index (κ3) is 9.96. The molecule has 1 aliphatic carbocycles. The third-order valence-electron chi connectivity index (χ3n) is 5.89. The van der Waals surface area contributed by atoms with Crippen molar-refractivity contribution >= 4 is 0 Å². The van der Waals surface area contributed by atoms with Crippen LogP contribution in [0.15, 0.2) is 0 Å². The molecule has 0 aromatic carbocycles. The minimum Gasteiger partial charge on any atom is -0.353 e. The summed E-state index contributed by atoms with van der Waals surface area (Å²) in [4.78, 5) is 0. The van der Waals surface area contributed by atoms with Crippen LogP contribution in [-0.4, -0.2) is 25.5 Å². The van der Waals surface area contributed by atoms with Crippen LogP contribution in [0.3, 0.4) is 0 Å². The van der Waals surface area contributed by atoms with E-state index in [1.165, 1.54) is 77.0 Å². The molecule has 1 rings (SSSR count). The van der Waals surface area contributed by atoms with E-state index >= 15 is 0 Å². The van der Waals surface area contributed by atoms with Gasteiger partial charge in [-0.2, -0.15) is 0 Å². The van der Waals surface area contributed by atoms with E-state index in [0.717, 1.165) is 31.5 Å². The first-order valence-electron chi connectivity index (χ1n) is 11.2. The number of ether oxygens (including phenoxy) is 2. The van der Waals surface area contributed by atoms with Gasteiger partial charge in [-0.25, -0.2) is 0 Å². The summed E-state index contributed by atoms with van der Waals surface area (Å²) in [5.74, 6) is 1.68. The number of rotatable bonds is 16. The lowest BCUT2D eigenvalue weighted by Gasteiger charge is -2.23. The van der Waals surface area contributed by atoms with Gasteiger partial charge in [-0.05, 0) is 57.8 Å². The minimum absolute atomic E-state index is 0.000364. The van der Waals surface area contributed by atoms with Gasteiger partial charge in [-0.3, -0.25) is 0 Å². The zero-order valence-corrected chi connectivity index (χ0v) is 17.3. The van der Waals surface area contributed by atoms with Crippen molar-refractivity contribution in [3.8, 4) is 0 Å². The van der Waals surface area contributed by atoms with Gasteiger partial charge in [0.2, 0.25) is 0 Å². The molecule has 0 aromatic rings. The summed E-state index contributed by atoms with van der Waals surface area (Å²) in [7, 11) is 0. The molecule has 3 atom stereocenters. The topological polar surface area (TPSA) is 44.5 Å². The molecule has 1 saturated carbocycles. The lowest BCUT2D eigenvalue weighted by Crippen LogP contribution is -2.27. The molecule has 3 heteroatoms. The van der Waals surface area contributed by atoms with Crippen LogP contribution in [0.25, 0.3) is 0 Å². The Morgan fingerprint density at radius 3 is 2.12 bits per heavy atom. The van der Waals surface area contributed by atoms with Gasteiger partial charge in [0.15, 0.2) is 6.29 Å². The smallest absolute Gasteiger partial charge is 0.157 e. The van der Waals surface area contributed by atoms with Crippen molar-refractivity contribution in [2.45, 2.75) is 117 Å². The van der Waals surface area contributed by atoms with E-state index in [-0.39, 0.29) is 6.29 Å². The molecule has 1 aliphatic rings. The Morgan fingerprint density at radius 1 is 0.800 bits per heavy atom. The maximum absolute atomic E-state index is 6.42. The molecule has 0 spiro atoms. The highest BCUT2D eigenvalue weighted by atomic mass is 16.7. The van der Waals surface area contributed by atoms with Crippen LogP contribution >= 0.6 is 0 Å². The predicted molar refractivity (Wildman–Crippen MR) is 108 cm³/mol. The summed E-state index contributed by atoms with van der Waals surface area (Å²) in [5.41, 5.74) is 6.42. The first kappa shape index (κ1) is 22.9. The Balaban J connectivity index is 2.15. The fraction of sp³-hybridized carbons (Fsp3) is 1.00. The molecule has 0 bridgehead atoms. The normalized spacial score (nSPS) is 23.6. The van der Waals surface area contributed by atoms with Crippen molar-refractivity contribution in [2.24, 2.45) is 17.6 Å². The van der Waals surface area contributed by atoms with Crippen LogP contribution in [0.2, 0.25) is 0 Å². The molecule has 0 amide bonds.